The van der Waals surface area contributed by atoms with Gasteiger partial charge in [-0.3, -0.25) is 9.59 Å². The number of ether oxygens (including phenoxy) is 1. The summed E-state index contributed by atoms with van der Waals surface area (Å²) in [5.41, 5.74) is 8.21. The number of fused-ring (bicyclic) bond motifs is 1. The largest absolute Gasteiger partial charge is 0.486 e. The van der Waals surface area contributed by atoms with Crippen molar-refractivity contribution in [3.8, 4) is 5.75 Å². The third kappa shape index (κ3) is 4.04. The van der Waals surface area contributed by atoms with Crippen LogP contribution in [0, 0.1) is 12.7 Å². The first-order valence-electron chi connectivity index (χ1n) is 9.44. The van der Waals surface area contributed by atoms with E-state index in [-0.39, 0.29) is 18.3 Å². The van der Waals surface area contributed by atoms with Gasteiger partial charge >= 0.3 is 0 Å². The average molecular weight is 425 g/mol. The van der Waals surface area contributed by atoms with Crippen molar-refractivity contribution in [2.45, 2.75) is 32.5 Å². The Kier molecular flexibility index (Phi) is 5.50. The molecule has 8 heteroatoms. The third-order valence-electron chi connectivity index (χ3n) is 5.05. The Morgan fingerprint density at radius 2 is 1.90 bits per heavy atom. The minimum absolute atomic E-state index is 0.159. The Balaban J connectivity index is 1.53. The Hall–Kier alpha value is -3.26. The molecule has 2 aromatic carbocycles. The Labute approximate surface area is 177 Å². The Morgan fingerprint density at radius 3 is 2.60 bits per heavy atom. The third-order valence-corrected chi connectivity index (χ3v) is 6.17. The predicted octanol–water partition coefficient (Wildman–Crippen LogP) is 3.22. The summed E-state index contributed by atoms with van der Waals surface area (Å²) in [6.45, 7) is 2.23. The molecule has 0 radical (unpaired) electrons. The van der Waals surface area contributed by atoms with E-state index in [9.17, 15) is 14.0 Å². The zero-order chi connectivity index (χ0) is 21.3. The van der Waals surface area contributed by atoms with Crippen LogP contribution in [0.1, 0.15) is 31.5 Å². The molecule has 2 N–H and O–H groups in total. The van der Waals surface area contributed by atoms with E-state index < -0.39 is 11.9 Å². The number of thiazole rings is 1. The van der Waals surface area contributed by atoms with Crippen LogP contribution in [0.4, 0.5) is 4.39 Å². The van der Waals surface area contributed by atoms with E-state index >= 15 is 0 Å². The van der Waals surface area contributed by atoms with Crippen LogP contribution in [0.3, 0.4) is 0 Å². The molecule has 0 saturated heterocycles. The van der Waals surface area contributed by atoms with E-state index in [0.29, 0.717) is 34.3 Å². The number of aryl methyl sites for hydroxylation is 1. The molecule has 1 aliphatic rings. The van der Waals surface area contributed by atoms with E-state index in [0.717, 1.165) is 11.1 Å². The highest BCUT2D eigenvalue weighted by Crippen LogP contribution is 2.28. The number of primary amides is 1. The average Bonchev–Trinajstić information content (AvgIpc) is 3.12. The van der Waals surface area contributed by atoms with Gasteiger partial charge in [-0.2, -0.15) is 0 Å². The topological polar surface area (TPSA) is 85.5 Å². The SMILES string of the molecule is Cc1nc(COc2ccc(F)cc2)sc1C(=O)N1Cc2ccccc2C[C@H]1C(N)=O. The number of nitrogens with two attached hydrogens (primary N) is 1. The number of halogens is 1. The number of rotatable bonds is 5. The molecule has 2 amide bonds. The minimum atomic E-state index is -0.701. The van der Waals surface area contributed by atoms with Crippen LogP contribution in [-0.4, -0.2) is 27.7 Å². The fraction of sp³-hybridized carbons (Fsp3) is 0.227. The van der Waals surface area contributed by atoms with Crippen molar-refractivity contribution in [2.75, 3.05) is 0 Å². The van der Waals surface area contributed by atoms with Crippen molar-refractivity contribution in [2.24, 2.45) is 5.73 Å². The Bertz CT molecular complexity index is 1100. The second kappa shape index (κ2) is 8.23. The number of carbonyl (C=O) groups is 2. The molecule has 0 bridgehead atoms. The van der Waals surface area contributed by atoms with Crippen LogP contribution < -0.4 is 10.5 Å². The standard InChI is InChI=1S/C22H20FN3O3S/c1-13-20(30-19(25-13)12-29-17-8-6-16(23)7-9-17)22(28)26-11-15-5-3-2-4-14(15)10-18(26)21(24)27/h2-9,18H,10-12H2,1H3,(H2,24,27)/t18-/m0/s1. The number of hydrogen-bond donors (Lipinski definition) is 1. The van der Waals surface area contributed by atoms with Crippen molar-refractivity contribution >= 4 is 23.2 Å². The molecule has 0 fully saturated rings. The molecule has 1 aliphatic heterocycles. The summed E-state index contributed by atoms with van der Waals surface area (Å²) in [6, 6.07) is 12.7. The van der Waals surface area contributed by atoms with Crippen molar-refractivity contribution in [1.29, 1.82) is 0 Å². The van der Waals surface area contributed by atoms with E-state index in [1.807, 2.05) is 24.3 Å². The summed E-state index contributed by atoms with van der Waals surface area (Å²) in [4.78, 5) is 31.7. The van der Waals surface area contributed by atoms with Crippen molar-refractivity contribution in [1.82, 2.24) is 9.88 Å². The highest BCUT2D eigenvalue weighted by molar-refractivity contribution is 7.13. The van der Waals surface area contributed by atoms with Gasteiger partial charge in [-0.05, 0) is 42.3 Å². The van der Waals surface area contributed by atoms with Gasteiger partial charge in [0.2, 0.25) is 5.91 Å². The quantitative estimate of drug-likeness (QED) is 0.680. The molecule has 0 unspecified atom stereocenters. The molecule has 30 heavy (non-hydrogen) atoms. The number of aromatic nitrogens is 1. The van der Waals surface area contributed by atoms with Gasteiger partial charge in [0.25, 0.3) is 5.91 Å². The van der Waals surface area contributed by atoms with Gasteiger partial charge in [-0.25, -0.2) is 9.37 Å². The first-order valence-corrected chi connectivity index (χ1v) is 10.3. The van der Waals surface area contributed by atoms with Crippen LogP contribution in [0.25, 0.3) is 0 Å². The highest BCUT2D eigenvalue weighted by atomic mass is 32.1. The van der Waals surface area contributed by atoms with Crippen molar-refractivity contribution < 1.29 is 18.7 Å². The molecule has 1 atom stereocenters. The van der Waals surface area contributed by atoms with Gasteiger partial charge < -0.3 is 15.4 Å². The number of amides is 2. The lowest BCUT2D eigenvalue weighted by Crippen LogP contribution is -2.51. The van der Waals surface area contributed by atoms with Gasteiger partial charge in [0.05, 0.1) is 5.69 Å². The number of nitrogens with zero attached hydrogens (tertiary/aromatic N) is 2. The summed E-state index contributed by atoms with van der Waals surface area (Å²) >= 11 is 1.23. The van der Waals surface area contributed by atoms with Gasteiger partial charge in [0, 0.05) is 13.0 Å². The summed E-state index contributed by atoms with van der Waals surface area (Å²) in [6.07, 6.45) is 0.398. The monoisotopic (exact) mass is 425 g/mol. The molecule has 0 saturated carbocycles. The van der Waals surface area contributed by atoms with Crippen LogP contribution in [0.5, 0.6) is 5.75 Å². The maximum absolute atomic E-state index is 13.3. The van der Waals surface area contributed by atoms with E-state index in [1.165, 1.54) is 40.5 Å². The van der Waals surface area contributed by atoms with E-state index in [2.05, 4.69) is 4.98 Å². The fourth-order valence-corrected chi connectivity index (χ4v) is 4.44. The molecule has 154 valence electrons. The second-order valence-corrected chi connectivity index (χ2v) is 8.17. The normalized spacial score (nSPS) is 15.5. The maximum Gasteiger partial charge on any atom is 0.266 e. The summed E-state index contributed by atoms with van der Waals surface area (Å²) in [5.74, 6) is -0.623. The molecule has 0 spiro atoms. The van der Waals surface area contributed by atoms with Crippen LogP contribution in [-0.2, 0) is 24.4 Å². The Morgan fingerprint density at radius 1 is 1.20 bits per heavy atom. The lowest BCUT2D eigenvalue weighted by molar-refractivity contribution is -0.122. The van der Waals surface area contributed by atoms with Gasteiger partial charge in [-0.15, -0.1) is 11.3 Å². The lowest BCUT2D eigenvalue weighted by Gasteiger charge is -2.34. The van der Waals surface area contributed by atoms with Gasteiger partial charge in [-0.1, -0.05) is 24.3 Å². The molecule has 4 rings (SSSR count). The lowest BCUT2D eigenvalue weighted by atomic mass is 9.93. The number of hydrogen-bond acceptors (Lipinski definition) is 5. The minimum Gasteiger partial charge on any atom is -0.486 e. The van der Waals surface area contributed by atoms with Gasteiger partial charge in [0.15, 0.2) is 0 Å². The zero-order valence-electron chi connectivity index (χ0n) is 16.3. The first kappa shape index (κ1) is 20.0. The van der Waals surface area contributed by atoms with Crippen molar-refractivity contribution in [3.05, 3.63) is 81.1 Å². The molecular formula is C22H20FN3O3S. The molecule has 0 aliphatic carbocycles. The number of benzene rings is 2. The molecule has 2 heterocycles. The van der Waals surface area contributed by atoms with E-state index in [1.54, 1.807) is 6.92 Å². The van der Waals surface area contributed by atoms with Crippen LogP contribution in [0.2, 0.25) is 0 Å². The molecule has 1 aromatic heterocycles. The molecular weight excluding hydrogens is 405 g/mol. The smallest absolute Gasteiger partial charge is 0.266 e. The van der Waals surface area contributed by atoms with Crippen LogP contribution >= 0.6 is 11.3 Å². The van der Waals surface area contributed by atoms with Crippen LogP contribution in [0.15, 0.2) is 48.5 Å². The first-order chi connectivity index (χ1) is 14.4. The highest BCUT2D eigenvalue weighted by Gasteiger charge is 2.35. The number of carbonyl (C=O) groups excluding carboxylic acids is 2. The predicted molar refractivity (Wildman–Crippen MR) is 111 cm³/mol. The summed E-state index contributed by atoms with van der Waals surface area (Å²) < 4.78 is 18.6. The summed E-state index contributed by atoms with van der Waals surface area (Å²) in [5, 5.41) is 0.619. The zero-order valence-corrected chi connectivity index (χ0v) is 17.1. The fourth-order valence-electron chi connectivity index (χ4n) is 3.51. The van der Waals surface area contributed by atoms with Crippen molar-refractivity contribution in [3.63, 3.8) is 0 Å². The maximum atomic E-state index is 13.3. The second-order valence-electron chi connectivity index (χ2n) is 7.09. The van der Waals surface area contributed by atoms with E-state index in [4.69, 9.17) is 10.5 Å². The van der Waals surface area contributed by atoms with Gasteiger partial charge in [0.1, 0.15) is 34.1 Å². The summed E-state index contributed by atoms with van der Waals surface area (Å²) in [7, 11) is 0. The molecule has 3 aromatic rings. The molecule has 6 nitrogen and oxygen atoms in total.